The SMILES string of the molecule is CCOP(OCC)OCC.CCS(=O)(=O)[O-].[Ag+]. The van der Waals surface area contributed by atoms with Crippen LogP contribution < -0.4 is 0 Å². The van der Waals surface area contributed by atoms with E-state index in [2.05, 4.69) is 0 Å². The zero-order chi connectivity index (χ0) is 13.0. The summed E-state index contributed by atoms with van der Waals surface area (Å²) < 4.78 is 43.8. The van der Waals surface area contributed by atoms with Gasteiger partial charge in [0.25, 0.3) is 0 Å². The van der Waals surface area contributed by atoms with Crippen molar-refractivity contribution in [1.29, 1.82) is 0 Å². The quantitative estimate of drug-likeness (QED) is 0.379. The molecule has 0 heterocycles. The zero-order valence-corrected chi connectivity index (χ0v) is 13.6. The van der Waals surface area contributed by atoms with Crippen LogP contribution in [-0.2, 0) is 46.1 Å². The maximum Gasteiger partial charge on any atom is 1.00 e. The van der Waals surface area contributed by atoms with E-state index in [-0.39, 0.29) is 28.1 Å². The fourth-order valence-electron chi connectivity index (χ4n) is 0.428. The Bertz CT molecular complexity index is 222. The largest absolute Gasteiger partial charge is 1.00 e. The first-order valence-corrected chi connectivity index (χ1v) is 7.70. The van der Waals surface area contributed by atoms with Crippen molar-refractivity contribution in [2.24, 2.45) is 0 Å². The molecule has 0 aromatic rings. The molecule has 0 fully saturated rings. The number of hydrogen-bond acceptors (Lipinski definition) is 6. The summed E-state index contributed by atoms with van der Waals surface area (Å²) in [5.41, 5.74) is 0. The van der Waals surface area contributed by atoms with Crippen LogP contribution in [0.4, 0.5) is 0 Å². The Balaban J connectivity index is -0.000000244. The van der Waals surface area contributed by atoms with Crippen LogP contribution in [0.25, 0.3) is 0 Å². The minimum Gasteiger partial charge on any atom is -0.748 e. The Labute approximate surface area is 121 Å². The van der Waals surface area contributed by atoms with E-state index in [1.54, 1.807) is 0 Å². The molecule has 0 aliphatic rings. The maximum absolute atomic E-state index is 9.44. The standard InChI is InChI=1S/C6H15O3P.C2H6O3S.Ag/c1-4-7-10(8-5-2)9-6-3;1-2-6(3,4)5;/h4-6H2,1-3H3;2H2,1H3,(H,3,4,5);/q;;+1/p-1. The summed E-state index contributed by atoms with van der Waals surface area (Å²) in [6, 6.07) is 0. The summed E-state index contributed by atoms with van der Waals surface area (Å²) in [6.07, 6.45) is 0. The number of rotatable bonds is 7. The van der Waals surface area contributed by atoms with Crippen LogP contribution in [0, 0.1) is 0 Å². The molecule has 6 nitrogen and oxygen atoms in total. The van der Waals surface area contributed by atoms with E-state index in [0.717, 1.165) is 0 Å². The molecule has 0 unspecified atom stereocenters. The smallest absolute Gasteiger partial charge is 0.748 e. The summed E-state index contributed by atoms with van der Waals surface area (Å²) in [5, 5.41) is 0. The third kappa shape index (κ3) is 22.6. The second kappa shape index (κ2) is 15.0. The van der Waals surface area contributed by atoms with E-state index in [9.17, 15) is 13.0 Å². The zero-order valence-electron chi connectivity index (χ0n) is 10.4. The molecular formula is C8H20AgO6PS. The molecule has 0 bridgehead atoms. The first kappa shape index (κ1) is 23.1. The van der Waals surface area contributed by atoms with Crippen LogP contribution in [0.3, 0.4) is 0 Å². The monoisotopic (exact) mass is 382 g/mol. The molecule has 0 aromatic carbocycles. The van der Waals surface area contributed by atoms with Gasteiger partial charge in [-0.15, -0.1) is 0 Å². The molecule has 0 atom stereocenters. The minimum atomic E-state index is -3.91. The minimum absolute atomic E-state index is 0. The van der Waals surface area contributed by atoms with Gasteiger partial charge >= 0.3 is 31.0 Å². The van der Waals surface area contributed by atoms with Crippen molar-refractivity contribution in [2.75, 3.05) is 25.6 Å². The Morgan fingerprint density at radius 2 is 1.18 bits per heavy atom. The Morgan fingerprint density at radius 1 is 0.941 bits per heavy atom. The van der Waals surface area contributed by atoms with Crippen LogP contribution in [0.1, 0.15) is 27.7 Å². The molecule has 0 rings (SSSR count). The van der Waals surface area contributed by atoms with Gasteiger partial charge in [0.05, 0.1) is 29.9 Å². The average Bonchev–Trinajstić information content (AvgIpc) is 2.19. The van der Waals surface area contributed by atoms with Crippen LogP contribution in [-0.4, -0.2) is 38.5 Å². The van der Waals surface area contributed by atoms with Crippen molar-refractivity contribution < 1.29 is 48.9 Å². The van der Waals surface area contributed by atoms with Gasteiger partial charge in [0.15, 0.2) is 0 Å². The molecule has 17 heavy (non-hydrogen) atoms. The van der Waals surface area contributed by atoms with Crippen LogP contribution in [0.5, 0.6) is 0 Å². The van der Waals surface area contributed by atoms with E-state index < -0.39 is 18.7 Å². The Hall–Kier alpha value is 0.960. The molecule has 0 aliphatic heterocycles. The molecule has 0 aliphatic carbocycles. The third-order valence-electron chi connectivity index (χ3n) is 1.06. The van der Waals surface area contributed by atoms with Gasteiger partial charge in [0.1, 0.15) is 0 Å². The molecule has 0 aromatic heterocycles. The van der Waals surface area contributed by atoms with Gasteiger partial charge in [-0.3, -0.25) is 0 Å². The summed E-state index contributed by atoms with van der Waals surface area (Å²) in [5.74, 6) is -0.312. The molecule has 9 heteroatoms. The summed E-state index contributed by atoms with van der Waals surface area (Å²) in [4.78, 5) is 0. The van der Waals surface area contributed by atoms with E-state index in [1.165, 1.54) is 6.92 Å². The summed E-state index contributed by atoms with van der Waals surface area (Å²) in [6.45, 7) is 9.01. The van der Waals surface area contributed by atoms with E-state index in [1.807, 2.05) is 20.8 Å². The molecule has 0 saturated carbocycles. The van der Waals surface area contributed by atoms with Gasteiger partial charge in [0.2, 0.25) is 0 Å². The van der Waals surface area contributed by atoms with Gasteiger partial charge in [-0.25, -0.2) is 8.42 Å². The molecule has 0 amide bonds. The fourth-order valence-corrected chi connectivity index (χ4v) is 1.28. The Morgan fingerprint density at radius 3 is 1.29 bits per heavy atom. The van der Waals surface area contributed by atoms with Crippen molar-refractivity contribution in [3.05, 3.63) is 0 Å². The summed E-state index contributed by atoms with van der Waals surface area (Å²) >= 11 is 0. The first-order valence-electron chi connectivity index (χ1n) is 5.03. The van der Waals surface area contributed by atoms with Crippen molar-refractivity contribution in [3.63, 3.8) is 0 Å². The Kier molecular flexibility index (Phi) is 20.4. The van der Waals surface area contributed by atoms with E-state index in [0.29, 0.717) is 19.8 Å². The van der Waals surface area contributed by atoms with Gasteiger partial charge in [0, 0.05) is 5.75 Å². The topological polar surface area (TPSA) is 84.9 Å². The third-order valence-corrected chi connectivity index (χ3v) is 3.17. The molecule has 0 spiro atoms. The molecule has 110 valence electrons. The second-order valence-corrected chi connectivity index (χ2v) is 5.24. The van der Waals surface area contributed by atoms with Crippen molar-refractivity contribution >= 4 is 18.7 Å². The van der Waals surface area contributed by atoms with E-state index >= 15 is 0 Å². The second-order valence-electron chi connectivity index (χ2n) is 2.32. The predicted molar refractivity (Wildman–Crippen MR) is 62.0 cm³/mol. The fraction of sp³-hybridized carbons (Fsp3) is 1.00. The van der Waals surface area contributed by atoms with Gasteiger partial charge in [-0.05, 0) is 20.8 Å². The molecule has 0 saturated heterocycles. The van der Waals surface area contributed by atoms with E-state index in [4.69, 9.17) is 13.6 Å². The van der Waals surface area contributed by atoms with Crippen molar-refractivity contribution in [1.82, 2.24) is 0 Å². The van der Waals surface area contributed by atoms with Crippen LogP contribution in [0.15, 0.2) is 0 Å². The molecule has 0 radical (unpaired) electrons. The predicted octanol–water partition coefficient (Wildman–Crippen LogP) is 1.87. The van der Waals surface area contributed by atoms with Crippen molar-refractivity contribution in [2.45, 2.75) is 27.7 Å². The van der Waals surface area contributed by atoms with Gasteiger partial charge < -0.3 is 18.1 Å². The molecule has 0 N–H and O–H groups in total. The van der Waals surface area contributed by atoms with Crippen LogP contribution >= 0.6 is 8.60 Å². The van der Waals surface area contributed by atoms with Gasteiger partial charge in [-0.1, -0.05) is 6.92 Å². The molecular weight excluding hydrogens is 363 g/mol. The van der Waals surface area contributed by atoms with Crippen LogP contribution in [0.2, 0.25) is 0 Å². The number of hydrogen-bond donors (Lipinski definition) is 0. The summed E-state index contributed by atoms with van der Waals surface area (Å²) in [7, 11) is -4.97. The van der Waals surface area contributed by atoms with Gasteiger partial charge in [-0.2, -0.15) is 0 Å². The maximum atomic E-state index is 9.44. The average molecular weight is 383 g/mol. The first-order chi connectivity index (χ1) is 7.41. The van der Waals surface area contributed by atoms with Crippen molar-refractivity contribution in [3.8, 4) is 0 Å². The normalized spacial score (nSPS) is 10.5.